The van der Waals surface area contributed by atoms with Crippen LogP contribution in [0.3, 0.4) is 0 Å². The summed E-state index contributed by atoms with van der Waals surface area (Å²) in [4.78, 5) is 13.2. The zero-order valence-corrected chi connectivity index (χ0v) is 17.4. The molecular formula is C24H29NO4. The molecule has 5 nitrogen and oxygen atoms in total. The first-order valence-electron chi connectivity index (χ1n) is 10.7. The molecule has 2 atom stereocenters. The van der Waals surface area contributed by atoms with E-state index in [1.165, 1.54) is 12.8 Å². The van der Waals surface area contributed by atoms with E-state index in [1.807, 2.05) is 44.2 Å². The number of benzene rings is 2. The van der Waals surface area contributed by atoms with Gasteiger partial charge in [0.2, 0.25) is 0 Å². The van der Waals surface area contributed by atoms with Crippen molar-refractivity contribution >= 4 is 5.78 Å². The molecule has 154 valence electrons. The molecule has 2 aromatic rings. The lowest BCUT2D eigenvalue weighted by Gasteiger charge is -2.30. The van der Waals surface area contributed by atoms with Crippen molar-refractivity contribution in [3.05, 3.63) is 41.5 Å². The second kappa shape index (κ2) is 8.46. The van der Waals surface area contributed by atoms with Crippen LogP contribution >= 0.6 is 0 Å². The number of hydrogen-bond donors (Lipinski definition) is 1. The molecule has 4 rings (SSSR count). The molecule has 1 aliphatic carbocycles. The Morgan fingerprint density at radius 2 is 1.83 bits per heavy atom. The normalized spacial score (nSPS) is 18.7. The van der Waals surface area contributed by atoms with Crippen molar-refractivity contribution in [2.45, 2.75) is 52.2 Å². The molecule has 0 spiro atoms. The van der Waals surface area contributed by atoms with E-state index in [2.05, 4.69) is 12.2 Å². The first-order chi connectivity index (χ1) is 14.1. The Hall–Kier alpha value is -2.53. The molecule has 1 aliphatic heterocycles. The number of ether oxygens (including phenoxy) is 3. The van der Waals surface area contributed by atoms with Crippen LogP contribution in [0.1, 0.15) is 56.0 Å². The van der Waals surface area contributed by atoms with E-state index in [9.17, 15) is 4.79 Å². The van der Waals surface area contributed by atoms with Crippen molar-refractivity contribution in [3.63, 3.8) is 0 Å². The number of piperidine rings is 1. The summed E-state index contributed by atoms with van der Waals surface area (Å²) in [7, 11) is 0. The van der Waals surface area contributed by atoms with E-state index in [0.29, 0.717) is 41.9 Å². The average molecular weight is 395 g/mol. The molecule has 0 radical (unpaired) electrons. The summed E-state index contributed by atoms with van der Waals surface area (Å²) in [6.45, 7) is 8.04. The molecule has 1 saturated heterocycles. The first-order valence-corrected chi connectivity index (χ1v) is 10.7. The van der Waals surface area contributed by atoms with Gasteiger partial charge < -0.3 is 19.5 Å². The maximum absolute atomic E-state index is 13.2. The average Bonchev–Trinajstić information content (AvgIpc) is 3.03. The SMILES string of the molecule is CCOc1cc(OCC)c2c(c1)C(=O)c1cccc(OC(C)C3CCCCN3)c1-2. The largest absolute Gasteiger partial charge is 0.494 e. The molecule has 2 aromatic carbocycles. The molecule has 1 fully saturated rings. The fraction of sp³-hybridized carbons (Fsp3) is 0.458. The minimum absolute atomic E-state index is 0.00796. The number of ketones is 1. The Bertz CT molecular complexity index is 902. The van der Waals surface area contributed by atoms with Crippen molar-refractivity contribution in [2.24, 2.45) is 0 Å². The van der Waals surface area contributed by atoms with Gasteiger partial charge in [-0.05, 0) is 52.3 Å². The van der Waals surface area contributed by atoms with Gasteiger partial charge in [0.25, 0.3) is 0 Å². The Balaban J connectivity index is 1.76. The van der Waals surface area contributed by atoms with Gasteiger partial charge in [0.15, 0.2) is 5.78 Å². The molecule has 5 heteroatoms. The van der Waals surface area contributed by atoms with Gasteiger partial charge in [-0.15, -0.1) is 0 Å². The van der Waals surface area contributed by atoms with Crippen LogP contribution < -0.4 is 19.5 Å². The van der Waals surface area contributed by atoms with Crippen molar-refractivity contribution in [1.29, 1.82) is 0 Å². The van der Waals surface area contributed by atoms with Crippen molar-refractivity contribution in [3.8, 4) is 28.4 Å². The fourth-order valence-corrected chi connectivity index (χ4v) is 4.33. The Morgan fingerprint density at radius 1 is 1.03 bits per heavy atom. The van der Waals surface area contributed by atoms with E-state index < -0.39 is 0 Å². The number of fused-ring (bicyclic) bond motifs is 3. The van der Waals surface area contributed by atoms with Crippen LogP contribution in [0.5, 0.6) is 17.2 Å². The number of hydrogen-bond acceptors (Lipinski definition) is 5. The Kier molecular flexibility index (Phi) is 5.76. The molecule has 0 aromatic heterocycles. The molecule has 29 heavy (non-hydrogen) atoms. The van der Waals surface area contributed by atoms with Gasteiger partial charge in [-0.2, -0.15) is 0 Å². The lowest BCUT2D eigenvalue weighted by molar-refractivity contribution is 0.104. The standard InChI is InChI=1S/C24H29NO4/c1-4-27-16-13-18-23(21(14-16)28-5-2)22-17(24(18)26)9-8-11-20(22)29-15(3)19-10-6-7-12-25-19/h8-9,11,13-15,19,25H,4-7,10,12H2,1-3H3. The maximum Gasteiger partial charge on any atom is 0.194 e. The molecule has 2 unspecified atom stereocenters. The van der Waals surface area contributed by atoms with Crippen LogP contribution in [0.25, 0.3) is 11.1 Å². The van der Waals surface area contributed by atoms with Crippen molar-refractivity contribution in [2.75, 3.05) is 19.8 Å². The van der Waals surface area contributed by atoms with E-state index in [-0.39, 0.29) is 11.9 Å². The monoisotopic (exact) mass is 395 g/mol. The number of carbonyl (C=O) groups is 1. The predicted molar refractivity (Wildman–Crippen MR) is 113 cm³/mol. The predicted octanol–water partition coefficient (Wildman–Crippen LogP) is 4.60. The van der Waals surface area contributed by atoms with Gasteiger partial charge in [-0.1, -0.05) is 18.6 Å². The van der Waals surface area contributed by atoms with Crippen molar-refractivity contribution in [1.82, 2.24) is 5.32 Å². The van der Waals surface area contributed by atoms with Crippen LogP contribution in [0, 0.1) is 0 Å². The molecule has 1 N–H and O–H groups in total. The second-order valence-corrected chi connectivity index (χ2v) is 7.60. The van der Waals surface area contributed by atoms with Gasteiger partial charge in [0.1, 0.15) is 23.4 Å². The van der Waals surface area contributed by atoms with Gasteiger partial charge in [0.05, 0.1) is 13.2 Å². The molecule has 0 saturated carbocycles. The number of rotatable bonds is 7. The van der Waals surface area contributed by atoms with E-state index in [0.717, 1.165) is 29.8 Å². The summed E-state index contributed by atoms with van der Waals surface area (Å²) in [5.41, 5.74) is 2.93. The topological polar surface area (TPSA) is 56.8 Å². The van der Waals surface area contributed by atoms with E-state index >= 15 is 0 Å². The molecular weight excluding hydrogens is 366 g/mol. The minimum atomic E-state index is -0.00796. The zero-order valence-electron chi connectivity index (χ0n) is 17.4. The van der Waals surface area contributed by atoms with Crippen LogP contribution in [-0.4, -0.2) is 37.7 Å². The smallest absolute Gasteiger partial charge is 0.194 e. The summed E-state index contributed by atoms with van der Waals surface area (Å²) < 4.78 is 18.0. The molecule has 0 amide bonds. The lowest BCUT2D eigenvalue weighted by Crippen LogP contribution is -2.44. The highest BCUT2D eigenvalue weighted by Gasteiger charge is 2.34. The summed E-state index contributed by atoms with van der Waals surface area (Å²) >= 11 is 0. The summed E-state index contributed by atoms with van der Waals surface area (Å²) in [6.07, 6.45) is 3.55. The summed E-state index contributed by atoms with van der Waals surface area (Å²) in [5.74, 6) is 2.05. The number of nitrogens with one attached hydrogen (secondary N) is 1. The van der Waals surface area contributed by atoms with Crippen molar-refractivity contribution < 1.29 is 19.0 Å². The van der Waals surface area contributed by atoms with Gasteiger partial charge in [-0.3, -0.25) is 4.79 Å². The Labute approximate surface area is 172 Å². The fourth-order valence-electron chi connectivity index (χ4n) is 4.33. The van der Waals surface area contributed by atoms with Crippen LogP contribution in [-0.2, 0) is 0 Å². The van der Waals surface area contributed by atoms with Crippen LogP contribution in [0.15, 0.2) is 30.3 Å². The third-order valence-corrected chi connectivity index (χ3v) is 5.68. The zero-order chi connectivity index (χ0) is 20.4. The molecule has 0 bridgehead atoms. The third kappa shape index (κ3) is 3.71. The second-order valence-electron chi connectivity index (χ2n) is 7.60. The Morgan fingerprint density at radius 3 is 2.55 bits per heavy atom. The highest BCUT2D eigenvalue weighted by molar-refractivity contribution is 6.23. The highest BCUT2D eigenvalue weighted by Crippen LogP contribution is 2.49. The summed E-state index contributed by atoms with van der Waals surface area (Å²) in [5, 5.41) is 3.55. The van der Waals surface area contributed by atoms with Gasteiger partial charge >= 0.3 is 0 Å². The molecule has 1 heterocycles. The van der Waals surface area contributed by atoms with Crippen LogP contribution in [0.4, 0.5) is 0 Å². The summed E-state index contributed by atoms with van der Waals surface area (Å²) in [6, 6.07) is 9.72. The molecule has 2 aliphatic rings. The maximum atomic E-state index is 13.2. The van der Waals surface area contributed by atoms with E-state index in [4.69, 9.17) is 14.2 Å². The van der Waals surface area contributed by atoms with E-state index in [1.54, 1.807) is 0 Å². The highest BCUT2D eigenvalue weighted by atomic mass is 16.5. The lowest BCUT2D eigenvalue weighted by atomic mass is 10.00. The quantitative estimate of drug-likeness (QED) is 0.633. The minimum Gasteiger partial charge on any atom is -0.494 e. The first kappa shape index (κ1) is 19.8. The number of carbonyl (C=O) groups excluding carboxylic acids is 1. The third-order valence-electron chi connectivity index (χ3n) is 5.68. The van der Waals surface area contributed by atoms with Gasteiger partial charge in [0, 0.05) is 34.4 Å². The van der Waals surface area contributed by atoms with Gasteiger partial charge in [-0.25, -0.2) is 0 Å². The van der Waals surface area contributed by atoms with Crippen LogP contribution in [0.2, 0.25) is 0 Å².